The van der Waals surface area contributed by atoms with Crippen LogP contribution in [0.3, 0.4) is 0 Å². The average Bonchev–Trinajstić information content (AvgIpc) is 2.54. The van der Waals surface area contributed by atoms with E-state index in [1.54, 1.807) is 0 Å². The second-order valence-corrected chi connectivity index (χ2v) is 5.81. The van der Waals surface area contributed by atoms with Gasteiger partial charge in [0.25, 0.3) is 0 Å². The van der Waals surface area contributed by atoms with E-state index < -0.39 is 0 Å². The van der Waals surface area contributed by atoms with Crippen LogP contribution >= 0.6 is 0 Å². The van der Waals surface area contributed by atoms with Gasteiger partial charge in [0, 0.05) is 31.0 Å². The van der Waals surface area contributed by atoms with Crippen molar-refractivity contribution < 1.29 is 4.79 Å². The van der Waals surface area contributed by atoms with Crippen molar-refractivity contribution in [3.63, 3.8) is 0 Å². The molecule has 3 heteroatoms. The summed E-state index contributed by atoms with van der Waals surface area (Å²) >= 11 is 0. The van der Waals surface area contributed by atoms with Crippen molar-refractivity contribution in [2.45, 2.75) is 56.7 Å². The number of piperidine rings is 2. The van der Waals surface area contributed by atoms with Crippen molar-refractivity contribution in [1.29, 1.82) is 0 Å². The van der Waals surface area contributed by atoms with Gasteiger partial charge in [0.15, 0.2) is 0 Å². The van der Waals surface area contributed by atoms with Crippen LogP contribution in [0.1, 0.15) is 38.5 Å². The van der Waals surface area contributed by atoms with E-state index in [1.165, 1.54) is 38.8 Å². The molecule has 3 saturated heterocycles. The smallest absolute Gasteiger partial charge is 0.136 e. The molecule has 0 aromatic heterocycles. The zero-order chi connectivity index (χ0) is 11.1. The minimum atomic E-state index is 0.511. The summed E-state index contributed by atoms with van der Waals surface area (Å²) in [4.78, 5) is 16.7. The first kappa shape index (κ1) is 10.7. The van der Waals surface area contributed by atoms with E-state index in [-0.39, 0.29) is 0 Å². The molecule has 16 heavy (non-hydrogen) atoms. The lowest BCUT2D eigenvalue weighted by Gasteiger charge is -2.43. The van der Waals surface area contributed by atoms with Crippen LogP contribution < -0.4 is 0 Å². The van der Waals surface area contributed by atoms with E-state index in [9.17, 15) is 4.79 Å². The number of fused-ring (bicyclic) bond motifs is 2. The van der Waals surface area contributed by atoms with Crippen LogP contribution in [-0.4, -0.2) is 53.8 Å². The number of rotatable bonds is 1. The minimum absolute atomic E-state index is 0.511. The van der Waals surface area contributed by atoms with Gasteiger partial charge in [-0.3, -0.25) is 9.69 Å². The zero-order valence-electron chi connectivity index (χ0n) is 10.2. The highest BCUT2D eigenvalue weighted by atomic mass is 16.1. The Bertz CT molecular complexity index is 268. The number of ketones is 1. The molecular formula is C13H22N2O. The second-order valence-electron chi connectivity index (χ2n) is 5.81. The van der Waals surface area contributed by atoms with Gasteiger partial charge < -0.3 is 4.90 Å². The Morgan fingerprint density at radius 3 is 2.06 bits per heavy atom. The van der Waals surface area contributed by atoms with Gasteiger partial charge >= 0.3 is 0 Å². The Hall–Kier alpha value is -0.410. The van der Waals surface area contributed by atoms with Crippen molar-refractivity contribution in [3.8, 4) is 0 Å². The Kier molecular flexibility index (Phi) is 2.76. The van der Waals surface area contributed by atoms with Crippen LogP contribution in [0.5, 0.6) is 0 Å². The van der Waals surface area contributed by atoms with Crippen LogP contribution in [0.4, 0.5) is 0 Å². The van der Waals surface area contributed by atoms with E-state index >= 15 is 0 Å². The molecule has 0 N–H and O–H groups in total. The van der Waals surface area contributed by atoms with Gasteiger partial charge in [0.1, 0.15) is 5.78 Å². The molecule has 2 bridgehead atoms. The zero-order valence-corrected chi connectivity index (χ0v) is 10.2. The van der Waals surface area contributed by atoms with Gasteiger partial charge in [0.05, 0.1) is 0 Å². The molecule has 3 nitrogen and oxygen atoms in total. The summed E-state index contributed by atoms with van der Waals surface area (Å²) in [5, 5.41) is 0. The maximum atomic E-state index is 11.6. The van der Waals surface area contributed by atoms with E-state index in [2.05, 4.69) is 16.8 Å². The number of carbonyl (C=O) groups is 1. The standard InChI is InChI=1S/C13H22N2O/c1-14-6-4-10(5-7-14)15-11-2-3-12(15)9-13(16)8-11/h10-12H,2-9H2,1H3. The molecule has 0 aromatic carbocycles. The molecule has 0 spiro atoms. The fraction of sp³-hybridized carbons (Fsp3) is 0.923. The Morgan fingerprint density at radius 2 is 1.50 bits per heavy atom. The van der Waals surface area contributed by atoms with Crippen LogP contribution in [0.25, 0.3) is 0 Å². The fourth-order valence-corrected chi connectivity index (χ4v) is 3.89. The molecular weight excluding hydrogens is 200 g/mol. The molecule has 90 valence electrons. The SMILES string of the molecule is CN1CCC(N2C3CCC2CC(=O)C3)CC1. The Morgan fingerprint density at radius 1 is 0.938 bits per heavy atom. The van der Waals surface area contributed by atoms with Crippen molar-refractivity contribution in [2.75, 3.05) is 20.1 Å². The maximum absolute atomic E-state index is 11.6. The first-order valence-electron chi connectivity index (χ1n) is 6.71. The molecule has 3 heterocycles. The third-order valence-corrected chi connectivity index (χ3v) is 4.71. The molecule has 0 saturated carbocycles. The molecule has 3 aliphatic heterocycles. The van der Waals surface area contributed by atoms with Crippen molar-refractivity contribution >= 4 is 5.78 Å². The van der Waals surface area contributed by atoms with Gasteiger partial charge in [-0.15, -0.1) is 0 Å². The van der Waals surface area contributed by atoms with E-state index in [0.717, 1.165) is 18.9 Å². The highest BCUT2D eigenvalue weighted by Crippen LogP contribution is 2.37. The summed E-state index contributed by atoms with van der Waals surface area (Å²) in [5.41, 5.74) is 0. The molecule has 0 amide bonds. The molecule has 3 fully saturated rings. The predicted molar refractivity (Wildman–Crippen MR) is 63.4 cm³/mol. The quantitative estimate of drug-likeness (QED) is 0.667. The van der Waals surface area contributed by atoms with Gasteiger partial charge in [-0.05, 0) is 45.8 Å². The summed E-state index contributed by atoms with van der Waals surface area (Å²) in [6.45, 7) is 2.46. The lowest BCUT2D eigenvalue weighted by atomic mass is 9.94. The van der Waals surface area contributed by atoms with Crippen LogP contribution in [0, 0.1) is 0 Å². The van der Waals surface area contributed by atoms with Crippen molar-refractivity contribution in [1.82, 2.24) is 9.80 Å². The number of carbonyl (C=O) groups excluding carboxylic acids is 1. The number of nitrogens with zero attached hydrogens (tertiary/aromatic N) is 2. The summed E-state index contributed by atoms with van der Waals surface area (Å²) in [7, 11) is 2.21. The van der Waals surface area contributed by atoms with E-state index in [1.807, 2.05) is 0 Å². The number of likely N-dealkylation sites (tertiary alicyclic amines) is 1. The lowest BCUT2D eigenvalue weighted by molar-refractivity contribution is -0.124. The molecule has 0 aliphatic carbocycles. The third-order valence-electron chi connectivity index (χ3n) is 4.71. The number of hydrogen-bond donors (Lipinski definition) is 0. The molecule has 3 aliphatic rings. The molecule has 0 radical (unpaired) electrons. The second kappa shape index (κ2) is 4.11. The third kappa shape index (κ3) is 1.80. The summed E-state index contributed by atoms with van der Waals surface area (Å²) in [5.74, 6) is 0.511. The van der Waals surface area contributed by atoms with Gasteiger partial charge in [0.2, 0.25) is 0 Å². The summed E-state index contributed by atoms with van der Waals surface area (Å²) in [6.07, 6.45) is 6.81. The van der Waals surface area contributed by atoms with Crippen LogP contribution in [-0.2, 0) is 4.79 Å². The molecule has 2 atom stereocenters. The van der Waals surface area contributed by atoms with Crippen LogP contribution in [0.2, 0.25) is 0 Å². The minimum Gasteiger partial charge on any atom is -0.306 e. The van der Waals surface area contributed by atoms with Crippen molar-refractivity contribution in [2.24, 2.45) is 0 Å². The van der Waals surface area contributed by atoms with E-state index in [0.29, 0.717) is 17.9 Å². The van der Waals surface area contributed by atoms with Gasteiger partial charge in [-0.1, -0.05) is 0 Å². The predicted octanol–water partition coefficient (Wildman–Crippen LogP) is 1.28. The normalized spacial score (nSPS) is 38.2. The van der Waals surface area contributed by atoms with Crippen LogP contribution in [0.15, 0.2) is 0 Å². The molecule has 2 unspecified atom stereocenters. The molecule has 3 rings (SSSR count). The largest absolute Gasteiger partial charge is 0.306 e. The number of hydrogen-bond acceptors (Lipinski definition) is 3. The number of Topliss-reactive ketones (excluding diaryl/α,β-unsaturated/α-hetero) is 1. The Labute approximate surface area is 97.8 Å². The monoisotopic (exact) mass is 222 g/mol. The topological polar surface area (TPSA) is 23.6 Å². The highest BCUT2D eigenvalue weighted by molar-refractivity contribution is 5.81. The Balaban J connectivity index is 1.69. The highest BCUT2D eigenvalue weighted by Gasteiger charge is 2.43. The first-order chi connectivity index (χ1) is 7.74. The lowest BCUT2D eigenvalue weighted by Crippen LogP contribution is -2.52. The van der Waals surface area contributed by atoms with E-state index in [4.69, 9.17) is 0 Å². The van der Waals surface area contributed by atoms with Gasteiger partial charge in [-0.25, -0.2) is 0 Å². The van der Waals surface area contributed by atoms with Crippen molar-refractivity contribution in [3.05, 3.63) is 0 Å². The summed E-state index contributed by atoms with van der Waals surface area (Å²) in [6, 6.07) is 1.96. The van der Waals surface area contributed by atoms with Gasteiger partial charge in [-0.2, -0.15) is 0 Å². The average molecular weight is 222 g/mol. The first-order valence-corrected chi connectivity index (χ1v) is 6.71. The summed E-state index contributed by atoms with van der Waals surface area (Å²) < 4.78 is 0. The fourth-order valence-electron chi connectivity index (χ4n) is 3.89. The molecule has 0 aromatic rings. The maximum Gasteiger partial charge on any atom is 0.136 e.